The lowest BCUT2D eigenvalue weighted by Crippen LogP contribution is -2.51. The van der Waals surface area contributed by atoms with Crippen molar-refractivity contribution in [2.45, 2.75) is 44.3 Å². The average Bonchev–Trinajstić information content (AvgIpc) is 2.34. The highest BCUT2D eigenvalue weighted by Gasteiger charge is 2.40. The molecule has 0 aromatic carbocycles. The molecule has 2 heterocycles. The predicted molar refractivity (Wildman–Crippen MR) is 61.0 cm³/mol. The van der Waals surface area contributed by atoms with Crippen molar-refractivity contribution in [3.8, 4) is 0 Å². The zero-order valence-corrected chi connectivity index (χ0v) is 10.3. The Morgan fingerprint density at radius 2 is 1.89 bits per heavy atom. The number of piperidine rings is 2. The van der Waals surface area contributed by atoms with Gasteiger partial charge in [0.1, 0.15) is 0 Å². The number of hydrogen-bond acceptors (Lipinski definition) is 2. The van der Waals surface area contributed by atoms with Crippen LogP contribution in [0.2, 0.25) is 0 Å². The highest BCUT2D eigenvalue weighted by atomic mass is 19.4. The van der Waals surface area contributed by atoms with E-state index in [9.17, 15) is 18.0 Å². The van der Waals surface area contributed by atoms with E-state index in [1.165, 1.54) is 6.42 Å². The number of carbonyl (C=O) groups is 1. The summed E-state index contributed by atoms with van der Waals surface area (Å²) in [4.78, 5) is 13.2. The van der Waals surface area contributed by atoms with Gasteiger partial charge in [0.15, 0.2) is 0 Å². The summed E-state index contributed by atoms with van der Waals surface area (Å²) in [5.74, 6) is -1.64. The van der Waals surface area contributed by atoms with Crippen molar-refractivity contribution in [2.75, 3.05) is 19.6 Å². The topological polar surface area (TPSA) is 32.3 Å². The molecular formula is C12H19F3N2O. The first-order chi connectivity index (χ1) is 8.48. The number of nitrogens with zero attached hydrogens (tertiary/aromatic N) is 1. The van der Waals surface area contributed by atoms with Gasteiger partial charge in [-0.05, 0) is 44.7 Å². The van der Waals surface area contributed by atoms with E-state index in [1.807, 2.05) is 5.32 Å². The summed E-state index contributed by atoms with van der Waals surface area (Å²) in [5.41, 5.74) is 0. The van der Waals surface area contributed by atoms with Gasteiger partial charge in [-0.25, -0.2) is 0 Å². The maximum Gasteiger partial charge on any atom is 0.471 e. The predicted octanol–water partition coefficient (Wildman–Crippen LogP) is 1.93. The highest BCUT2D eigenvalue weighted by Crippen LogP contribution is 2.30. The summed E-state index contributed by atoms with van der Waals surface area (Å²) in [5, 5.41) is 2.03. The Bertz CT molecular complexity index is 304. The number of fused-ring (bicyclic) bond motifs is 1. The van der Waals surface area contributed by atoms with Crippen molar-refractivity contribution in [1.29, 1.82) is 0 Å². The van der Waals surface area contributed by atoms with Crippen LogP contribution in [0.3, 0.4) is 0 Å². The molecule has 0 radical (unpaired) electrons. The molecule has 0 aromatic heterocycles. The molecule has 0 bridgehead atoms. The van der Waals surface area contributed by atoms with Gasteiger partial charge in [0.2, 0.25) is 0 Å². The minimum Gasteiger partial charge on any atom is -0.348 e. The third kappa shape index (κ3) is 3.16. The molecule has 0 spiro atoms. The van der Waals surface area contributed by atoms with Gasteiger partial charge >= 0.3 is 12.1 Å². The molecule has 2 saturated heterocycles. The first kappa shape index (κ1) is 13.6. The Kier molecular flexibility index (Phi) is 4.14. The molecule has 2 atom stereocenters. The first-order valence-electron chi connectivity index (χ1n) is 6.57. The second-order valence-corrected chi connectivity index (χ2v) is 5.21. The Hall–Kier alpha value is -0.780. The maximum atomic E-state index is 12.1. The van der Waals surface area contributed by atoms with Gasteiger partial charge in [-0.3, -0.25) is 4.79 Å². The summed E-state index contributed by atoms with van der Waals surface area (Å²) >= 11 is 0. The number of halogens is 3. The fourth-order valence-electron chi connectivity index (χ4n) is 3.14. The van der Waals surface area contributed by atoms with E-state index in [4.69, 9.17) is 0 Å². The number of hydrogen-bond donors (Lipinski definition) is 1. The molecular weight excluding hydrogens is 245 g/mol. The lowest BCUT2D eigenvalue weighted by Gasteiger charge is -2.44. The van der Waals surface area contributed by atoms with E-state index >= 15 is 0 Å². The Labute approximate surface area is 105 Å². The van der Waals surface area contributed by atoms with Gasteiger partial charge in [-0.2, -0.15) is 13.2 Å². The molecule has 1 amide bonds. The summed E-state index contributed by atoms with van der Waals surface area (Å²) in [6.45, 7) is 2.25. The lowest BCUT2D eigenvalue weighted by atomic mass is 9.83. The smallest absolute Gasteiger partial charge is 0.348 e. The second-order valence-electron chi connectivity index (χ2n) is 5.21. The van der Waals surface area contributed by atoms with Gasteiger partial charge < -0.3 is 10.2 Å². The standard InChI is InChI=1S/C12H19F3N2O/c13-12(14,15)11(18)16-8-9-4-3-7-17-6-2-1-5-10(9)17/h9-10H,1-8H2,(H,16,18)/t9-,10+/m0/s1. The minimum atomic E-state index is -4.76. The van der Waals surface area contributed by atoms with Crippen LogP contribution in [0.4, 0.5) is 13.2 Å². The molecule has 1 N–H and O–H groups in total. The molecule has 3 nitrogen and oxygen atoms in total. The van der Waals surface area contributed by atoms with Crippen molar-refractivity contribution in [1.82, 2.24) is 10.2 Å². The van der Waals surface area contributed by atoms with Crippen LogP contribution in [0.15, 0.2) is 0 Å². The summed E-state index contributed by atoms with van der Waals surface area (Å²) < 4.78 is 36.3. The zero-order chi connectivity index (χ0) is 13.2. The van der Waals surface area contributed by atoms with Gasteiger partial charge in [-0.15, -0.1) is 0 Å². The van der Waals surface area contributed by atoms with E-state index in [2.05, 4.69) is 4.90 Å². The van der Waals surface area contributed by atoms with Crippen LogP contribution in [0, 0.1) is 5.92 Å². The number of amides is 1. The summed E-state index contributed by atoms with van der Waals surface area (Å²) in [6.07, 6.45) is 0.541. The van der Waals surface area contributed by atoms with Crippen LogP contribution in [0.25, 0.3) is 0 Å². The van der Waals surface area contributed by atoms with Gasteiger partial charge in [-0.1, -0.05) is 6.42 Å². The molecule has 2 aliphatic heterocycles. The van der Waals surface area contributed by atoms with Crippen molar-refractivity contribution < 1.29 is 18.0 Å². The number of carbonyl (C=O) groups excluding carboxylic acids is 1. The molecule has 2 rings (SSSR count). The molecule has 6 heteroatoms. The Morgan fingerprint density at radius 1 is 1.17 bits per heavy atom. The average molecular weight is 264 g/mol. The van der Waals surface area contributed by atoms with Crippen LogP contribution < -0.4 is 5.32 Å². The molecule has 18 heavy (non-hydrogen) atoms. The Balaban J connectivity index is 1.86. The van der Waals surface area contributed by atoms with Crippen LogP contribution in [0.1, 0.15) is 32.1 Å². The van der Waals surface area contributed by atoms with Crippen LogP contribution in [-0.2, 0) is 4.79 Å². The third-order valence-electron chi connectivity index (χ3n) is 4.01. The maximum absolute atomic E-state index is 12.1. The second kappa shape index (κ2) is 5.47. The number of nitrogens with one attached hydrogen (secondary N) is 1. The molecule has 2 aliphatic rings. The zero-order valence-electron chi connectivity index (χ0n) is 10.3. The van der Waals surface area contributed by atoms with E-state index in [-0.39, 0.29) is 12.5 Å². The van der Waals surface area contributed by atoms with Crippen LogP contribution in [0.5, 0.6) is 0 Å². The summed E-state index contributed by atoms with van der Waals surface area (Å²) in [6, 6.07) is 0.362. The van der Waals surface area contributed by atoms with Crippen molar-refractivity contribution in [3.05, 3.63) is 0 Å². The van der Waals surface area contributed by atoms with Crippen molar-refractivity contribution >= 4 is 5.91 Å². The molecule has 104 valence electrons. The first-order valence-corrected chi connectivity index (χ1v) is 6.57. The number of alkyl halides is 3. The molecule has 0 unspecified atom stereocenters. The fourth-order valence-corrected chi connectivity index (χ4v) is 3.14. The number of rotatable bonds is 2. The van der Waals surface area contributed by atoms with E-state index in [1.54, 1.807) is 0 Å². The highest BCUT2D eigenvalue weighted by molar-refractivity contribution is 5.81. The van der Waals surface area contributed by atoms with Crippen LogP contribution >= 0.6 is 0 Å². The van der Waals surface area contributed by atoms with E-state index in [0.717, 1.165) is 38.8 Å². The molecule has 0 saturated carbocycles. The minimum absolute atomic E-state index is 0.152. The van der Waals surface area contributed by atoms with E-state index < -0.39 is 12.1 Å². The third-order valence-corrected chi connectivity index (χ3v) is 4.01. The van der Waals surface area contributed by atoms with Gasteiger partial charge in [0, 0.05) is 12.6 Å². The van der Waals surface area contributed by atoms with Crippen molar-refractivity contribution in [3.63, 3.8) is 0 Å². The summed E-state index contributed by atoms with van der Waals surface area (Å²) in [7, 11) is 0. The largest absolute Gasteiger partial charge is 0.471 e. The van der Waals surface area contributed by atoms with Crippen molar-refractivity contribution in [2.24, 2.45) is 5.92 Å². The lowest BCUT2D eigenvalue weighted by molar-refractivity contribution is -0.174. The van der Waals surface area contributed by atoms with E-state index in [0.29, 0.717) is 6.04 Å². The molecule has 0 aliphatic carbocycles. The van der Waals surface area contributed by atoms with Gasteiger partial charge in [0.05, 0.1) is 0 Å². The molecule has 2 fully saturated rings. The van der Waals surface area contributed by atoms with Gasteiger partial charge in [0.25, 0.3) is 0 Å². The Morgan fingerprint density at radius 3 is 2.61 bits per heavy atom. The quantitative estimate of drug-likeness (QED) is 0.826. The SMILES string of the molecule is O=C(NC[C@@H]1CCCN2CCCC[C@H]12)C(F)(F)F. The fraction of sp³-hybridized carbons (Fsp3) is 0.917. The monoisotopic (exact) mass is 264 g/mol. The molecule has 0 aromatic rings. The van der Waals surface area contributed by atoms with Crippen LogP contribution in [-0.4, -0.2) is 42.7 Å². The normalized spacial score (nSPS) is 29.7.